The van der Waals surface area contributed by atoms with E-state index in [4.69, 9.17) is 9.47 Å². The van der Waals surface area contributed by atoms with Gasteiger partial charge in [0.2, 0.25) is 0 Å². The van der Waals surface area contributed by atoms with Gasteiger partial charge in [-0.05, 0) is 42.7 Å². The Labute approximate surface area is 146 Å². The van der Waals surface area contributed by atoms with Gasteiger partial charge in [-0.2, -0.15) is 0 Å². The van der Waals surface area contributed by atoms with E-state index in [0.29, 0.717) is 34.8 Å². The Kier molecular flexibility index (Phi) is 6.17. The number of rotatable bonds is 7. The lowest BCUT2D eigenvalue weighted by atomic mass is 10.0. The number of carboxylic acids is 1. The molecule has 0 radical (unpaired) electrons. The summed E-state index contributed by atoms with van der Waals surface area (Å²) in [5.41, 5.74) is 1.29. The number of carboxylic acid groups (broad SMARTS) is 1. The fourth-order valence-corrected chi connectivity index (χ4v) is 2.35. The zero-order valence-corrected chi connectivity index (χ0v) is 14.5. The molecule has 0 saturated heterocycles. The van der Waals surface area contributed by atoms with Crippen molar-refractivity contribution in [1.29, 1.82) is 0 Å². The highest BCUT2D eigenvalue weighted by molar-refractivity contribution is 6.20. The second-order valence-corrected chi connectivity index (χ2v) is 5.55. The van der Waals surface area contributed by atoms with Gasteiger partial charge in [0.1, 0.15) is 5.82 Å². The first-order valence-corrected chi connectivity index (χ1v) is 7.99. The first-order valence-electron chi connectivity index (χ1n) is 7.99. The summed E-state index contributed by atoms with van der Waals surface area (Å²) in [5.74, 6) is -0.606. The SMILES string of the molecule is CCCOc1c(/C=C(\C(=O)O)c2ccc(C)c(F)c2)cccc1OC. The predicted molar refractivity (Wildman–Crippen MR) is 95.4 cm³/mol. The third-order valence-corrected chi connectivity index (χ3v) is 3.69. The van der Waals surface area contributed by atoms with Crippen LogP contribution in [0.1, 0.15) is 30.0 Å². The van der Waals surface area contributed by atoms with Gasteiger partial charge >= 0.3 is 5.97 Å². The van der Waals surface area contributed by atoms with E-state index in [2.05, 4.69) is 0 Å². The van der Waals surface area contributed by atoms with E-state index < -0.39 is 11.8 Å². The summed E-state index contributed by atoms with van der Waals surface area (Å²) in [4.78, 5) is 11.7. The van der Waals surface area contributed by atoms with Gasteiger partial charge in [-0.3, -0.25) is 0 Å². The molecule has 25 heavy (non-hydrogen) atoms. The van der Waals surface area contributed by atoms with E-state index in [1.165, 1.54) is 19.3 Å². The van der Waals surface area contributed by atoms with Gasteiger partial charge in [0.15, 0.2) is 11.5 Å². The topological polar surface area (TPSA) is 55.8 Å². The van der Waals surface area contributed by atoms with Crippen molar-refractivity contribution in [1.82, 2.24) is 0 Å². The second kappa shape index (κ2) is 8.33. The van der Waals surface area contributed by atoms with Crippen molar-refractivity contribution >= 4 is 17.6 Å². The van der Waals surface area contributed by atoms with E-state index in [1.807, 2.05) is 6.92 Å². The van der Waals surface area contributed by atoms with E-state index in [0.717, 1.165) is 6.42 Å². The molecule has 0 aromatic heterocycles. The van der Waals surface area contributed by atoms with Crippen molar-refractivity contribution in [3.63, 3.8) is 0 Å². The van der Waals surface area contributed by atoms with Gasteiger partial charge < -0.3 is 14.6 Å². The van der Waals surface area contributed by atoms with Crippen molar-refractivity contribution in [3.8, 4) is 11.5 Å². The van der Waals surface area contributed by atoms with Crippen LogP contribution in [0.5, 0.6) is 11.5 Å². The highest BCUT2D eigenvalue weighted by Crippen LogP contribution is 2.34. The summed E-state index contributed by atoms with van der Waals surface area (Å²) in [6, 6.07) is 9.60. The summed E-state index contributed by atoms with van der Waals surface area (Å²) in [6.07, 6.45) is 2.27. The Bertz CT molecular complexity index is 796. The first kappa shape index (κ1) is 18.5. The maximum absolute atomic E-state index is 13.8. The molecule has 0 bridgehead atoms. The monoisotopic (exact) mass is 344 g/mol. The van der Waals surface area contributed by atoms with Crippen LogP contribution in [0.4, 0.5) is 4.39 Å². The van der Waals surface area contributed by atoms with Gasteiger partial charge in [-0.1, -0.05) is 31.2 Å². The van der Waals surface area contributed by atoms with Crippen LogP contribution in [0.25, 0.3) is 11.6 Å². The molecule has 0 fully saturated rings. The molecule has 0 spiro atoms. The fraction of sp³-hybridized carbons (Fsp3) is 0.250. The number of halogens is 1. The van der Waals surface area contributed by atoms with Crippen LogP contribution < -0.4 is 9.47 Å². The average molecular weight is 344 g/mol. The number of hydrogen-bond acceptors (Lipinski definition) is 3. The van der Waals surface area contributed by atoms with Crippen molar-refractivity contribution in [3.05, 3.63) is 58.9 Å². The van der Waals surface area contributed by atoms with Crippen LogP contribution in [0.15, 0.2) is 36.4 Å². The van der Waals surface area contributed by atoms with Gasteiger partial charge in [-0.25, -0.2) is 9.18 Å². The molecule has 0 atom stereocenters. The predicted octanol–water partition coefficient (Wildman–Crippen LogP) is 4.56. The number of methoxy groups -OCH3 is 1. The summed E-state index contributed by atoms with van der Waals surface area (Å²) in [5, 5.41) is 9.58. The van der Waals surface area contributed by atoms with Crippen LogP contribution in [-0.4, -0.2) is 24.8 Å². The van der Waals surface area contributed by atoms with E-state index in [9.17, 15) is 14.3 Å². The average Bonchev–Trinajstić information content (AvgIpc) is 2.60. The lowest BCUT2D eigenvalue weighted by Gasteiger charge is -2.13. The van der Waals surface area contributed by atoms with Crippen molar-refractivity contribution < 1.29 is 23.8 Å². The first-order chi connectivity index (χ1) is 12.0. The lowest BCUT2D eigenvalue weighted by molar-refractivity contribution is -0.130. The number of benzene rings is 2. The highest BCUT2D eigenvalue weighted by Gasteiger charge is 2.15. The number of para-hydroxylation sites is 1. The molecule has 0 aliphatic carbocycles. The standard InChI is InChI=1S/C20H21FO4/c1-4-10-25-19-15(6-5-7-18(19)24-3)11-16(20(22)23)14-9-8-13(2)17(21)12-14/h5-9,11-12H,4,10H2,1-3H3,(H,22,23)/b16-11-. The summed E-state index contributed by atoms with van der Waals surface area (Å²) in [7, 11) is 1.52. The molecule has 0 saturated carbocycles. The third-order valence-electron chi connectivity index (χ3n) is 3.69. The maximum Gasteiger partial charge on any atom is 0.336 e. The number of carbonyl (C=O) groups is 1. The lowest BCUT2D eigenvalue weighted by Crippen LogP contribution is -2.03. The van der Waals surface area contributed by atoms with E-state index in [1.54, 1.807) is 37.3 Å². The molecule has 132 valence electrons. The molecule has 0 unspecified atom stereocenters. The van der Waals surface area contributed by atoms with Gasteiger partial charge in [0.25, 0.3) is 0 Å². The zero-order valence-electron chi connectivity index (χ0n) is 14.5. The third kappa shape index (κ3) is 4.38. The molecule has 2 aromatic rings. The Morgan fingerprint density at radius 2 is 2.04 bits per heavy atom. The van der Waals surface area contributed by atoms with Crippen molar-refractivity contribution in [2.45, 2.75) is 20.3 Å². The molecule has 0 aliphatic rings. The van der Waals surface area contributed by atoms with Crippen molar-refractivity contribution in [2.75, 3.05) is 13.7 Å². The molecule has 4 nitrogen and oxygen atoms in total. The van der Waals surface area contributed by atoms with E-state index >= 15 is 0 Å². The van der Waals surface area contributed by atoms with Gasteiger partial charge in [0, 0.05) is 5.56 Å². The molecular formula is C20H21FO4. The Balaban J connectivity index is 2.57. The minimum absolute atomic E-state index is 0.0199. The number of aliphatic carboxylic acids is 1. The Hall–Kier alpha value is -2.82. The molecule has 0 heterocycles. The molecule has 2 rings (SSSR count). The number of ether oxygens (including phenoxy) is 2. The highest BCUT2D eigenvalue weighted by atomic mass is 19.1. The fourth-order valence-electron chi connectivity index (χ4n) is 2.35. The van der Waals surface area contributed by atoms with Crippen LogP contribution in [0.3, 0.4) is 0 Å². The van der Waals surface area contributed by atoms with Crippen LogP contribution in [0, 0.1) is 12.7 Å². The van der Waals surface area contributed by atoms with Gasteiger partial charge in [-0.15, -0.1) is 0 Å². The smallest absolute Gasteiger partial charge is 0.336 e. The molecule has 1 N–H and O–H groups in total. The van der Waals surface area contributed by atoms with Crippen LogP contribution in [0.2, 0.25) is 0 Å². The minimum atomic E-state index is -1.15. The largest absolute Gasteiger partial charge is 0.493 e. The maximum atomic E-state index is 13.8. The molecule has 2 aromatic carbocycles. The second-order valence-electron chi connectivity index (χ2n) is 5.55. The van der Waals surface area contributed by atoms with Crippen LogP contribution in [-0.2, 0) is 4.79 Å². The number of hydrogen-bond donors (Lipinski definition) is 1. The van der Waals surface area contributed by atoms with Gasteiger partial charge in [0.05, 0.1) is 19.3 Å². The quantitative estimate of drug-likeness (QED) is 0.591. The molecule has 5 heteroatoms. The Morgan fingerprint density at radius 1 is 1.28 bits per heavy atom. The minimum Gasteiger partial charge on any atom is -0.493 e. The van der Waals surface area contributed by atoms with E-state index in [-0.39, 0.29) is 5.57 Å². The van der Waals surface area contributed by atoms with Crippen LogP contribution >= 0.6 is 0 Å². The molecular weight excluding hydrogens is 323 g/mol. The zero-order chi connectivity index (χ0) is 18.4. The Morgan fingerprint density at radius 3 is 2.64 bits per heavy atom. The molecule has 0 amide bonds. The van der Waals surface area contributed by atoms with Crippen molar-refractivity contribution in [2.24, 2.45) is 0 Å². The normalized spacial score (nSPS) is 11.3. The summed E-state index contributed by atoms with van der Waals surface area (Å²) >= 11 is 0. The number of aryl methyl sites for hydroxylation is 1. The summed E-state index contributed by atoms with van der Waals surface area (Å²) in [6.45, 7) is 4.08. The summed E-state index contributed by atoms with van der Waals surface area (Å²) < 4.78 is 24.9. The molecule has 0 aliphatic heterocycles.